The van der Waals surface area contributed by atoms with Gasteiger partial charge < -0.3 is 5.32 Å². The highest BCUT2D eigenvalue weighted by molar-refractivity contribution is 6.16. The SMILES string of the molecule is Cc1ccc(C(=O)Nc2c3ccccc3nc3ccccc23)cc1. The Morgan fingerprint density at radius 2 is 1.33 bits per heavy atom. The molecule has 24 heavy (non-hydrogen) atoms. The van der Waals surface area contributed by atoms with Crippen molar-refractivity contribution in [3.8, 4) is 0 Å². The first kappa shape index (κ1) is 14.4. The van der Waals surface area contributed by atoms with Crippen LogP contribution in [0.3, 0.4) is 0 Å². The van der Waals surface area contributed by atoms with E-state index in [0.29, 0.717) is 5.56 Å². The highest BCUT2D eigenvalue weighted by Crippen LogP contribution is 2.30. The standard InChI is InChI=1S/C21H16N2O/c1-14-10-12-15(13-11-14)21(24)23-20-16-6-2-4-8-18(16)22-19-9-5-3-7-17(19)20/h2-13H,1H3,(H,22,23,24). The van der Waals surface area contributed by atoms with E-state index in [1.54, 1.807) is 0 Å². The summed E-state index contributed by atoms with van der Waals surface area (Å²) in [6, 6.07) is 23.3. The third-order valence-electron chi connectivity index (χ3n) is 4.14. The Morgan fingerprint density at radius 1 is 0.792 bits per heavy atom. The molecule has 0 unspecified atom stereocenters. The number of carbonyl (C=O) groups is 1. The van der Waals surface area contributed by atoms with Crippen molar-refractivity contribution in [3.63, 3.8) is 0 Å². The largest absolute Gasteiger partial charge is 0.321 e. The monoisotopic (exact) mass is 312 g/mol. The van der Waals surface area contributed by atoms with E-state index in [1.807, 2.05) is 79.7 Å². The van der Waals surface area contributed by atoms with Crippen LogP contribution in [-0.2, 0) is 0 Å². The van der Waals surface area contributed by atoms with Gasteiger partial charge in [-0.2, -0.15) is 0 Å². The minimum Gasteiger partial charge on any atom is -0.321 e. The first-order chi connectivity index (χ1) is 11.7. The number of aryl methyl sites for hydroxylation is 1. The van der Waals surface area contributed by atoms with Gasteiger partial charge in [-0.1, -0.05) is 54.1 Å². The molecule has 0 saturated heterocycles. The van der Waals surface area contributed by atoms with Gasteiger partial charge in [0.1, 0.15) is 0 Å². The molecule has 4 rings (SSSR count). The molecule has 0 bridgehead atoms. The first-order valence-electron chi connectivity index (χ1n) is 7.88. The van der Waals surface area contributed by atoms with Crippen LogP contribution in [-0.4, -0.2) is 10.9 Å². The van der Waals surface area contributed by atoms with E-state index >= 15 is 0 Å². The van der Waals surface area contributed by atoms with Gasteiger partial charge in [-0.15, -0.1) is 0 Å². The Labute approximate surface area is 140 Å². The highest BCUT2D eigenvalue weighted by atomic mass is 16.1. The maximum atomic E-state index is 12.7. The molecule has 0 aliphatic carbocycles. The summed E-state index contributed by atoms with van der Waals surface area (Å²) >= 11 is 0. The number of anilines is 1. The number of amides is 1. The predicted octanol–water partition coefficient (Wildman–Crippen LogP) is 4.95. The zero-order valence-electron chi connectivity index (χ0n) is 13.3. The van der Waals surface area contributed by atoms with Gasteiger partial charge >= 0.3 is 0 Å². The number of rotatable bonds is 2. The minimum absolute atomic E-state index is 0.114. The smallest absolute Gasteiger partial charge is 0.255 e. The maximum Gasteiger partial charge on any atom is 0.255 e. The van der Waals surface area contributed by atoms with E-state index < -0.39 is 0 Å². The summed E-state index contributed by atoms with van der Waals surface area (Å²) in [5, 5.41) is 4.97. The number of fused-ring (bicyclic) bond motifs is 2. The molecule has 116 valence electrons. The number of nitrogens with zero attached hydrogens (tertiary/aromatic N) is 1. The van der Waals surface area contributed by atoms with Crippen LogP contribution < -0.4 is 5.32 Å². The average molecular weight is 312 g/mol. The molecule has 0 saturated carbocycles. The predicted molar refractivity (Wildman–Crippen MR) is 98.4 cm³/mol. The summed E-state index contributed by atoms with van der Waals surface area (Å²) in [5.41, 5.74) is 4.32. The molecule has 0 fully saturated rings. The first-order valence-corrected chi connectivity index (χ1v) is 7.88. The van der Waals surface area contributed by atoms with Gasteiger partial charge in [-0.25, -0.2) is 4.98 Å². The second kappa shape index (κ2) is 5.78. The summed E-state index contributed by atoms with van der Waals surface area (Å²) in [4.78, 5) is 17.4. The summed E-state index contributed by atoms with van der Waals surface area (Å²) in [5.74, 6) is -0.114. The quantitative estimate of drug-likeness (QED) is 0.532. The number of hydrogen-bond donors (Lipinski definition) is 1. The van der Waals surface area contributed by atoms with Crippen molar-refractivity contribution in [3.05, 3.63) is 83.9 Å². The number of aromatic nitrogens is 1. The number of hydrogen-bond acceptors (Lipinski definition) is 2. The van der Waals surface area contributed by atoms with Gasteiger partial charge in [0.2, 0.25) is 0 Å². The third kappa shape index (κ3) is 2.50. The second-order valence-electron chi connectivity index (χ2n) is 5.84. The lowest BCUT2D eigenvalue weighted by Gasteiger charge is -2.12. The Kier molecular flexibility index (Phi) is 3.47. The van der Waals surface area contributed by atoms with Crippen LogP contribution in [0.25, 0.3) is 21.8 Å². The van der Waals surface area contributed by atoms with Crippen LogP contribution >= 0.6 is 0 Å². The number of benzene rings is 3. The van der Waals surface area contributed by atoms with Crippen LogP contribution in [0.15, 0.2) is 72.8 Å². The lowest BCUT2D eigenvalue weighted by atomic mass is 10.1. The highest BCUT2D eigenvalue weighted by Gasteiger charge is 2.12. The number of carbonyl (C=O) groups excluding carboxylic acids is 1. The molecular weight excluding hydrogens is 296 g/mol. The maximum absolute atomic E-state index is 12.7. The van der Waals surface area contributed by atoms with Crippen molar-refractivity contribution in [1.82, 2.24) is 4.98 Å². The number of para-hydroxylation sites is 2. The van der Waals surface area contributed by atoms with Crippen molar-refractivity contribution >= 4 is 33.4 Å². The molecule has 1 N–H and O–H groups in total. The number of nitrogens with one attached hydrogen (secondary N) is 1. The lowest BCUT2D eigenvalue weighted by Crippen LogP contribution is -2.12. The van der Waals surface area contributed by atoms with E-state index in [2.05, 4.69) is 10.3 Å². The van der Waals surface area contributed by atoms with Crippen LogP contribution in [0, 0.1) is 6.92 Å². The third-order valence-corrected chi connectivity index (χ3v) is 4.14. The molecule has 1 aromatic heterocycles. The Balaban J connectivity index is 1.87. The molecule has 1 amide bonds. The fourth-order valence-corrected chi connectivity index (χ4v) is 2.87. The molecule has 0 aliphatic heterocycles. The van der Waals surface area contributed by atoms with Gasteiger partial charge in [0.05, 0.1) is 16.7 Å². The van der Waals surface area contributed by atoms with E-state index in [-0.39, 0.29) is 5.91 Å². The molecule has 0 radical (unpaired) electrons. The van der Waals surface area contributed by atoms with Gasteiger partial charge in [-0.3, -0.25) is 4.79 Å². The fourth-order valence-electron chi connectivity index (χ4n) is 2.87. The molecule has 0 aliphatic rings. The van der Waals surface area contributed by atoms with E-state index in [4.69, 9.17) is 0 Å². The molecular formula is C21H16N2O. The van der Waals surface area contributed by atoms with Crippen molar-refractivity contribution in [2.45, 2.75) is 6.92 Å². The van der Waals surface area contributed by atoms with E-state index in [9.17, 15) is 4.79 Å². The zero-order valence-corrected chi connectivity index (χ0v) is 13.3. The number of pyridine rings is 1. The van der Waals surface area contributed by atoms with Crippen molar-refractivity contribution in [2.24, 2.45) is 0 Å². The van der Waals surface area contributed by atoms with Crippen LogP contribution in [0.4, 0.5) is 5.69 Å². The van der Waals surface area contributed by atoms with E-state index in [0.717, 1.165) is 33.1 Å². The summed E-state index contributed by atoms with van der Waals surface area (Å²) in [6.07, 6.45) is 0. The minimum atomic E-state index is -0.114. The summed E-state index contributed by atoms with van der Waals surface area (Å²) in [6.45, 7) is 2.01. The van der Waals surface area contributed by atoms with Crippen molar-refractivity contribution in [1.29, 1.82) is 0 Å². The molecule has 3 heteroatoms. The zero-order chi connectivity index (χ0) is 16.5. The van der Waals surface area contributed by atoms with Gasteiger partial charge in [0.25, 0.3) is 5.91 Å². The van der Waals surface area contributed by atoms with Crippen LogP contribution in [0.1, 0.15) is 15.9 Å². The molecule has 3 nitrogen and oxygen atoms in total. The molecule has 3 aromatic carbocycles. The van der Waals surface area contributed by atoms with Gasteiger partial charge in [0.15, 0.2) is 0 Å². The topological polar surface area (TPSA) is 42.0 Å². The van der Waals surface area contributed by atoms with E-state index in [1.165, 1.54) is 0 Å². The van der Waals surface area contributed by atoms with Crippen molar-refractivity contribution in [2.75, 3.05) is 5.32 Å². The molecule has 0 spiro atoms. The molecule has 0 atom stereocenters. The van der Waals surface area contributed by atoms with Gasteiger partial charge in [0, 0.05) is 16.3 Å². The Morgan fingerprint density at radius 3 is 1.92 bits per heavy atom. The average Bonchev–Trinajstić information content (AvgIpc) is 2.62. The summed E-state index contributed by atoms with van der Waals surface area (Å²) in [7, 11) is 0. The lowest BCUT2D eigenvalue weighted by molar-refractivity contribution is 0.102. The summed E-state index contributed by atoms with van der Waals surface area (Å²) < 4.78 is 0. The van der Waals surface area contributed by atoms with Gasteiger partial charge in [-0.05, 0) is 31.2 Å². The van der Waals surface area contributed by atoms with Crippen LogP contribution in [0.2, 0.25) is 0 Å². The normalized spacial score (nSPS) is 10.9. The Hall–Kier alpha value is -3.20. The van der Waals surface area contributed by atoms with Crippen molar-refractivity contribution < 1.29 is 4.79 Å². The molecule has 4 aromatic rings. The van der Waals surface area contributed by atoms with Crippen LogP contribution in [0.5, 0.6) is 0 Å². The Bertz CT molecular complexity index is 998. The fraction of sp³-hybridized carbons (Fsp3) is 0.0476. The molecule has 1 heterocycles. The second-order valence-corrected chi connectivity index (χ2v) is 5.84.